The molecule has 1 aromatic carbocycles. The average Bonchev–Trinajstić information content (AvgIpc) is 2.35. The number of halogens is 1. The normalized spacial score (nSPS) is 11.5. The summed E-state index contributed by atoms with van der Waals surface area (Å²) in [5.74, 6) is -1.77. The topological polar surface area (TPSA) is 52.6 Å². The second kappa shape index (κ2) is 6.68. The fraction of sp³-hybridized carbons (Fsp3) is 0.286. The number of esters is 2. The molecule has 0 amide bonds. The van der Waals surface area contributed by atoms with Gasteiger partial charge in [-0.15, -0.1) is 0 Å². The summed E-state index contributed by atoms with van der Waals surface area (Å²) in [6.07, 6.45) is -1.05. The van der Waals surface area contributed by atoms with E-state index in [4.69, 9.17) is 9.47 Å². The summed E-state index contributed by atoms with van der Waals surface area (Å²) < 4.78 is 23.0. The third-order valence-corrected chi connectivity index (χ3v) is 2.29. The highest BCUT2D eigenvalue weighted by molar-refractivity contribution is 5.89. The average molecular weight is 266 g/mol. The SMILES string of the molecule is C=C(C(=O)OCC)C(OC(C)=O)c1cccc(F)c1. The molecule has 0 bridgehead atoms. The third kappa shape index (κ3) is 4.21. The zero-order chi connectivity index (χ0) is 14.4. The molecule has 0 aliphatic heterocycles. The number of rotatable bonds is 5. The van der Waals surface area contributed by atoms with E-state index in [1.54, 1.807) is 13.0 Å². The van der Waals surface area contributed by atoms with Crippen LogP contribution in [0.3, 0.4) is 0 Å². The van der Waals surface area contributed by atoms with Crippen molar-refractivity contribution in [2.24, 2.45) is 0 Å². The Kier molecular flexibility index (Phi) is 5.23. The van der Waals surface area contributed by atoms with E-state index in [2.05, 4.69) is 6.58 Å². The molecule has 0 aromatic heterocycles. The summed E-state index contributed by atoms with van der Waals surface area (Å²) in [4.78, 5) is 22.7. The molecule has 1 aromatic rings. The maximum Gasteiger partial charge on any atom is 0.337 e. The molecule has 1 atom stereocenters. The molecule has 102 valence electrons. The van der Waals surface area contributed by atoms with Crippen LogP contribution in [0.15, 0.2) is 36.4 Å². The van der Waals surface area contributed by atoms with E-state index in [1.807, 2.05) is 0 Å². The minimum atomic E-state index is -1.05. The van der Waals surface area contributed by atoms with Crippen LogP contribution in [-0.2, 0) is 19.1 Å². The van der Waals surface area contributed by atoms with Gasteiger partial charge in [-0.1, -0.05) is 18.7 Å². The molecule has 0 saturated heterocycles. The Hall–Kier alpha value is -2.17. The highest BCUT2D eigenvalue weighted by Gasteiger charge is 2.25. The molecule has 19 heavy (non-hydrogen) atoms. The number of carbonyl (C=O) groups is 2. The van der Waals surface area contributed by atoms with Crippen molar-refractivity contribution in [1.29, 1.82) is 0 Å². The van der Waals surface area contributed by atoms with Crippen LogP contribution in [0.2, 0.25) is 0 Å². The Labute approximate surface area is 110 Å². The number of hydrogen-bond donors (Lipinski definition) is 0. The molecule has 0 N–H and O–H groups in total. The molecule has 4 nitrogen and oxygen atoms in total. The Morgan fingerprint density at radius 1 is 1.42 bits per heavy atom. The van der Waals surface area contributed by atoms with Gasteiger partial charge in [-0.3, -0.25) is 4.79 Å². The Bertz CT molecular complexity index is 496. The van der Waals surface area contributed by atoms with Gasteiger partial charge in [-0.05, 0) is 19.1 Å². The largest absolute Gasteiger partial charge is 0.463 e. The fourth-order valence-corrected chi connectivity index (χ4v) is 1.51. The van der Waals surface area contributed by atoms with Crippen molar-refractivity contribution in [2.45, 2.75) is 20.0 Å². The Morgan fingerprint density at radius 2 is 2.11 bits per heavy atom. The molecule has 1 unspecified atom stereocenters. The number of hydrogen-bond acceptors (Lipinski definition) is 4. The van der Waals surface area contributed by atoms with E-state index >= 15 is 0 Å². The van der Waals surface area contributed by atoms with Crippen LogP contribution in [0, 0.1) is 5.82 Å². The van der Waals surface area contributed by atoms with Gasteiger partial charge in [0, 0.05) is 12.5 Å². The summed E-state index contributed by atoms with van der Waals surface area (Å²) in [5.41, 5.74) is 0.274. The van der Waals surface area contributed by atoms with Crippen LogP contribution >= 0.6 is 0 Å². The van der Waals surface area contributed by atoms with Gasteiger partial charge < -0.3 is 9.47 Å². The lowest BCUT2D eigenvalue weighted by molar-refractivity contribution is -0.147. The summed E-state index contributed by atoms with van der Waals surface area (Å²) in [6.45, 7) is 6.58. The minimum Gasteiger partial charge on any atom is -0.463 e. The van der Waals surface area contributed by atoms with Crippen LogP contribution in [0.1, 0.15) is 25.5 Å². The van der Waals surface area contributed by atoms with Gasteiger partial charge in [-0.2, -0.15) is 0 Å². The maximum atomic E-state index is 13.2. The zero-order valence-corrected chi connectivity index (χ0v) is 10.8. The van der Waals surface area contributed by atoms with E-state index in [0.29, 0.717) is 5.56 Å². The highest BCUT2D eigenvalue weighted by atomic mass is 19.1. The number of benzene rings is 1. The van der Waals surface area contributed by atoms with Crippen molar-refractivity contribution in [3.05, 3.63) is 47.8 Å². The molecule has 5 heteroatoms. The smallest absolute Gasteiger partial charge is 0.337 e. The Balaban J connectivity index is 3.04. The predicted molar refractivity (Wildman–Crippen MR) is 66.7 cm³/mol. The van der Waals surface area contributed by atoms with Gasteiger partial charge in [-0.25, -0.2) is 9.18 Å². The number of ether oxygens (including phenoxy) is 2. The molecule has 1 rings (SSSR count). The molecule has 0 fully saturated rings. The first-order valence-electron chi connectivity index (χ1n) is 5.74. The monoisotopic (exact) mass is 266 g/mol. The standard InChI is InChI=1S/C14H15FO4/c1-4-18-14(17)9(2)13(19-10(3)16)11-6-5-7-12(15)8-11/h5-8,13H,2,4H2,1,3H3. The third-order valence-electron chi connectivity index (χ3n) is 2.29. The first-order valence-corrected chi connectivity index (χ1v) is 5.74. The van der Waals surface area contributed by atoms with Gasteiger partial charge in [0.05, 0.1) is 12.2 Å². The minimum absolute atomic E-state index is 0.0531. The van der Waals surface area contributed by atoms with Gasteiger partial charge in [0.2, 0.25) is 0 Å². The molecule has 0 aliphatic rings. The molecule has 0 radical (unpaired) electrons. The first-order chi connectivity index (χ1) is 8.95. The quantitative estimate of drug-likeness (QED) is 0.607. The number of carbonyl (C=O) groups excluding carboxylic acids is 2. The summed E-state index contributed by atoms with van der Waals surface area (Å²) in [7, 11) is 0. The van der Waals surface area contributed by atoms with Crippen molar-refractivity contribution in [1.82, 2.24) is 0 Å². The molecule has 0 aliphatic carbocycles. The van der Waals surface area contributed by atoms with Gasteiger partial charge >= 0.3 is 11.9 Å². The molecule has 0 heterocycles. The molecule has 0 spiro atoms. The van der Waals surface area contributed by atoms with Gasteiger partial charge in [0.1, 0.15) is 5.82 Å². The van der Waals surface area contributed by atoms with Crippen LogP contribution in [0.4, 0.5) is 4.39 Å². The van der Waals surface area contributed by atoms with Crippen molar-refractivity contribution >= 4 is 11.9 Å². The summed E-state index contributed by atoms with van der Waals surface area (Å²) >= 11 is 0. The fourth-order valence-electron chi connectivity index (χ4n) is 1.51. The molecular formula is C14H15FO4. The molecule has 0 saturated carbocycles. The van der Waals surface area contributed by atoms with E-state index in [-0.39, 0.29) is 12.2 Å². The van der Waals surface area contributed by atoms with Crippen molar-refractivity contribution in [3.8, 4) is 0 Å². The summed E-state index contributed by atoms with van der Waals surface area (Å²) in [6, 6.07) is 5.43. The first kappa shape index (κ1) is 14.9. The van der Waals surface area contributed by atoms with Crippen LogP contribution in [-0.4, -0.2) is 18.5 Å². The van der Waals surface area contributed by atoms with Crippen molar-refractivity contribution < 1.29 is 23.5 Å². The summed E-state index contributed by atoms with van der Waals surface area (Å²) in [5, 5.41) is 0. The van der Waals surface area contributed by atoms with Crippen LogP contribution < -0.4 is 0 Å². The molecular weight excluding hydrogens is 251 g/mol. The van der Waals surface area contributed by atoms with E-state index < -0.39 is 23.9 Å². The lowest BCUT2D eigenvalue weighted by Crippen LogP contribution is -2.18. The van der Waals surface area contributed by atoms with E-state index in [9.17, 15) is 14.0 Å². The van der Waals surface area contributed by atoms with E-state index in [1.165, 1.54) is 25.1 Å². The van der Waals surface area contributed by atoms with Crippen LogP contribution in [0.5, 0.6) is 0 Å². The van der Waals surface area contributed by atoms with Gasteiger partial charge in [0.25, 0.3) is 0 Å². The highest BCUT2D eigenvalue weighted by Crippen LogP contribution is 2.26. The second-order valence-corrected chi connectivity index (χ2v) is 3.79. The second-order valence-electron chi connectivity index (χ2n) is 3.79. The Morgan fingerprint density at radius 3 is 2.63 bits per heavy atom. The van der Waals surface area contributed by atoms with Crippen molar-refractivity contribution in [2.75, 3.05) is 6.61 Å². The maximum absolute atomic E-state index is 13.2. The lowest BCUT2D eigenvalue weighted by atomic mass is 10.0. The zero-order valence-electron chi connectivity index (χ0n) is 10.8. The van der Waals surface area contributed by atoms with E-state index in [0.717, 1.165) is 0 Å². The predicted octanol–water partition coefficient (Wildman–Crippen LogP) is 2.55. The lowest BCUT2D eigenvalue weighted by Gasteiger charge is -2.18. The van der Waals surface area contributed by atoms with Crippen LogP contribution in [0.25, 0.3) is 0 Å². The van der Waals surface area contributed by atoms with Gasteiger partial charge in [0.15, 0.2) is 6.10 Å². The van der Waals surface area contributed by atoms with Crippen molar-refractivity contribution in [3.63, 3.8) is 0 Å².